The lowest BCUT2D eigenvalue weighted by molar-refractivity contribution is 1.10. The van der Waals surface area contributed by atoms with Crippen molar-refractivity contribution in [3.8, 4) is 0 Å². The Bertz CT molecular complexity index is 101. The number of allylic oxidation sites excluding steroid dienone is 1. The van der Waals surface area contributed by atoms with Gasteiger partial charge in [-0.2, -0.15) is 0 Å². The Morgan fingerprint density at radius 2 is 2.14 bits per heavy atom. The molecule has 0 amide bonds. The average Bonchev–Trinajstić information content (AvgIpc) is 2.21. The van der Waals surface area contributed by atoms with Crippen molar-refractivity contribution in [1.82, 2.24) is 0 Å². The molecule has 1 aliphatic carbocycles. The van der Waals surface area contributed by atoms with Gasteiger partial charge < -0.3 is 0 Å². The van der Waals surface area contributed by atoms with Gasteiger partial charge in [-0.15, -0.1) is 0 Å². The summed E-state index contributed by atoms with van der Waals surface area (Å²) in [5, 5.41) is 0. The lowest BCUT2D eigenvalue weighted by atomic mass is 10.2. The number of alkyl halides is 1. The van der Waals surface area contributed by atoms with Crippen molar-refractivity contribution in [3.63, 3.8) is 0 Å². The van der Waals surface area contributed by atoms with E-state index in [1.807, 2.05) is 0 Å². The van der Waals surface area contributed by atoms with E-state index in [0.717, 1.165) is 0 Å². The molecule has 1 aliphatic rings. The van der Waals surface area contributed by atoms with E-state index in [1.54, 1.807) is 0 Å². The molecular weight excluding hydrogens is 152 g/mol. The Kier molecular flexibility index (Phi) is 1.03. The van der Waals surface area contributed by atoms with Gasteiger partial charge in [0.15, 0.2) is 0 Å². The average molecular weight is 161 g/mol. The molecule has 0 aromatic heterocycles. The summed E-state index contributed by atoms with van der Waals surface area (Å²) in [7, 11) is 0. The summed E-state index contributed by atoms with van der Waals surface area (Å²) in [6, 6.07) is 0. The number of rotatable bonds is 1. The summed E-state index contributed by atoms with van der Waals surface area (Å²) >= 11 is 3.55. The van der Waals surface area contributed by atoms with Crippen LogP contribution in [0.2, 0.25) is 0 Å². The van der Waals surface area contributed by atoms with Crippen molar-refractivity contribution in [2.24, 2.45) is 0 Å². The Labute approximate surface area is 52.7 Å². The number of halogens is 1. The quantitative estimate of drug-likeness (QED) is 0.409. The molecule has 0 N–H and O–H groups in total. The van der Waals surface area contributed by atoms with Crippen molar-refractivity contribution < 1.29 is 0 Å². The molecule has 0 aliphatic heterocycles. The second-order valence-corrected chi connectivity index (χ2v) is 3.76. The minimum absolute atomic E-state index is 0.368. The van der Waals surface area contributed by atoms with Crippen molar-refractivity contribution >= 4 is 15.9 Å². The summed E-state index contributed by atoms with van der Waals surface area (Å²) < 4.78 is 0.368. The van der Waals surface area contributed by atoms with Gasteiger partial charge in [0.2, 0.25) is 0 Å². The summed E-state index contributed by atoms with van der Waals surface area (Å²) in [6.07, 6.45) is 2.56. The zero-order valence-electron chi connectivity index (χ0n) is 4.50. The first-order valence-electron chi connectivity index (χ1n) is 2.50. The Hall–Kier alpha value is 0.220. The lowest BCUT2D eigenvalue weighted by Crippen LogP contribution is -1.94. The van der Waals surface area contributed by atoms with E-state index >= 15 is 0 Å². The van der Waals surface area contributed by atoms with Gasteiger partial charge >= 0.3 is 0 Å². The maximum absolute atomic E-state index is 3.84. The normalized spacial score (nSPS) is 24.3. The monoisotopic (exact) mass is 160 g/mol. The third-order valence-electron chi connectivity index (χ3n) is 1.45. The molecule has 0 radical (unpaired) electrons. The van der Waals surface area contributed by atoms with Crippen LogP contribution in [-0.4, -0.2) is 4.32 Å². The molecule has 0 aromatic rings. The maximum Gasteiger partial charge on any atom is 0.0461 e. The van der Waals surface area contributed by atoms with E-state index in [1.165, 1.54) is 18.4 Å². The molecule has 0 aromatic carbocycles. The van der Waals surface area contributed by atoms with Gasteiger partial charge in [0.05, 0.1) is 0 Å². The molecule has 1 fully saturated rings. The fraction of sp³-hybridized carbons (Fsp3) is 0.667. The fourth-order valence-corrected chi connectivity index (χ4v) is 0.735. The van der Waals surface area contributed by atoms with Crippen LogP contribution in [0, 0.1) is 0 Å². The molecule has 40 valence electrons. The first kappa shape index (κ1) is 5.36. The largest absolute Gasteiger partial charge is 0.0987 e. The molecule has 0 atom stereocenters. The van der Waals surface area contributed by atoms with Crippen LogP contribution in [0.4, 0.5) is 0 Å². The van der Waals surface area contributed by atoms with E-state index in [9.17, 15) is 0 Å². The van der Waals surface area contributed by atoms with Crippen molar-refractivity contribution in [3.05, 3.63) is 12.2 Å². The molecule has 0 heterocycles. The van der Waals surface area contributed by atoms with E-state index in [0.29, 0.717) is 4.32 Å². The molecule has 0 unspecified atom stereocenters. The van der Waals surface area contributed by atoms with Gasteiger partial charge in [-0.25, -0.2) is 0 Å². The SMILES string of the molecule is C=C(C)C1(Br)CC1. The van der Waals surface area contributed by atoms with Crippen LogP contribution in [-0.2, 0) is 0 Å². The second kappa shape index (κ2) is 1.35. The van der Waals surface area contributed by atoms with Gasteiger partial charge in [0.1, 0.15) is 0 Å². The van der Waals surface area contributed by atoms with Crippen LogP contribution in [0.15, 0.2) is 12.2 Å². The minimum Gasteiger partial charge on any atom is -0.0987 e. The molecule has 0 spiro atoms. The molecule has 1 saturated carbocycles. The lowest BCUT2D eigenvalue weighted by Gasteiger charge is -2.00. The third-order valence-corrected chi connectivity index (χ3v) is 2.92. The van der Waals surface area contributed by atoms with E-state index in [4.69, 9.17) is 0 Å². The van der Waals surface area contributed by atoms with Crippen molar-refractivity contribution in [2.45, 2.75) is 24.1 Å². The standard InChI is InChI=1S/C6H9Br/c1-5(2)6(7)3-4-6/h1,3-4H2,2H3. The highest BCUT2D eigenvalue weighted by Gasteiger charge is 2.40. The fourth-order valence-electron chi connectivity index (χ4n) is 0.537. The number of hydrogen-bond donors (Lipinski definition) is 0. The maximum atomic E-state index is 3.84. The highest BCUT2D eigenvalue weighted by molar-refractivity contribution is 9.10. The van der Waals surface area contributed by atoms with Gasteiger partial charge in [-0.3, -0.25) is 0 Å². The van der Waals surface area contributed by atoms with Crippen LogP contribution in [0.1, 0.15) is 19.8 Å². The number of hydrogen-bond acceptors (Lipinski definition) is 0. The predicted octanol–water partition coefficient (Wildman–Crippen LogP) is 2.49. The summed E-state index contributed by atoms with van der Waals surface area (Å²) in [6.45, 7) is 5.91. The van der Waals surface area contributed by atoms with Gasteiger partial charge in [-0.1, -0.05) is 28.1 Å². The Morgan fingerprint density at radius 1 is 1.71 bits per heavy atom. The zero-order chi connectivity index (χ0) is 5.49. The molecule has 1 heteroatoms. The van der Waals surface area contributed by atoms with Gasteiger partial charge in [0, 0.05) is 4.32 Å². The molecule has 7 heavy (non-hydrogen) atoms. The topological polar surface area (TPSA) is 0 Å². The summed E-state index contributed by atoms with van der Waals surface area (Å²) in [5.41, 5.74) is 1.27. The summed E-state index contributed by atoms with van der Waals surface area (Å²) in [4.78, 5) is 0. The smallest absolute Gasteiger partial charge is 0.0461 e. The first-order chi connectivity index (χ1) is 3.15. The first-order valence-corrected chi connectivity index (χ1v) is 3.29. The molecule has 1 rings (SSSR count). The molecular formula is C6H9Br. The minimum atomic E-state index is 0.368. The zero-order valence-corrected chi connectivity index (χ0v) is 6.09. The third kappa shape index (κ3) is 0.880. The van der Waals surface area contributed by atoms with Crippen molar-refractivity contribution in [2.75, 3.05) is 0 Å². The van der Waals surface area contributed by atoms with E-state index in [-0.39, 0.29) is 0 Å². The van der Waals surface area contributed by atoms with Gasteiger partial charge in [-0.05, 0) is 19.8 Å². The Balaban J connectivity index is 2.55. The van der Waals surface area contributed by atoms with Crippen LogP contribution in [0.3, 0.4) is 0 Å². The molecule has 0 saturated heterocycles. The van der Waals surface area contributed by atoms with E-state index < -0.39 is 0 Å². The second-order valence-electron chi connectivity index (χ2n) is 2.25. The van der Waals surface area contributed by atoms with Crippen LogP contribution >= 0.6 is 15.9 Å². The highest BCUT2D eigenvalue weighted by Crippen LogP contribution is 2.49. The molecule has 0 bridgehead atoms. The van der Waals surface area contributed by atoms with Crippen molar-refractivity contribution in [1.29, 1.82) is 0 Å². The highest BCUT2D eigenvalue weighted by atomic mass is 79.9. The summed E-state index contributed by atoms with van der Waals surface area (Å²) in [5.74, 6) is 0. The van der Waals surface area contributed by atoms with Crippen LogP contribution in [0.5, 0.6) is 0 Å². The predicted molar refractivity (Wildman–Crippen MR) is 35.7 cm³/mol. The van der Waals surface area contributed by atoms with Crippen LogP contribution < -0.4 is 0 Å². The van der Waals surface area contributed by atoms with Gasteiger partial charge in [0.25, 0.3) is 0 Å². The van der Waals surface area contributed by atoms with Crippen LogP contribution in [0.25, 0.3) is 0 Å². The Morgan fingerprint density at radius 3 is 2.14 bits per heavy atom. The van der Waals surface area contributed by atoms with E-state index in [2.05, 4.69) is 29.4 Å². The molecule has 0 nitrogen and oxygen atoms in total.